The Morgan fingerprint density at radius 2 is 2.31 bits per heavy atom. The molecule has 0 unspecified atom stereocenters. The zero-order chi connectivity index (χ0) is 9.10. The molecule has 2 aromatic rings. The van der Waals surface area contributed by atoms with Crippen LogP contribution in [-0.2, 0) is 6.42 Å². The summed E-state index contributed by atoms with van der Waals surface area (Å²) >= 11 is 4.15. The SMILES string of the molecule is SCCc1ncc(-c2ccc[nH]2)[nH]1. The maximum atomic E-state index is 4.24. The third-order valence-electron chi connectivity index (χ3n) is 1.87. The van der Waals surface area contributed by atoms with Crippen molar-refractivity contribution in [2.24, 2.45) is 0 Å². The Kier molecular flexibility index (Phi) is 2.40. The summed E-state index contributed by atoms with van der Waals surface area (Å²) in [6.07, 6.45) is 4.61. The normalized spacial score (nSPS) is 10.5. The van der Waals surface area contributed by atoms with Crippen molar-refractivity contribution in [1.82, 2.24) is 15.0 Å². The minimum atomic E-state index is 0.817. The van der Waals surface area contributed by atoms with Crippen LogP contribution < -0.4 is 0 Å². The van der Waals surface area contributed by atoms with Gasteiger partial charge in [-0.15, -0.1) is 0 Å². The van der Waals surface area contributed by atoms with Crippen molar-refractivity contribution in [1.29, 1.82) is 0 Å². The van der Waals surface area contributed by atoms with Gasteiger partial charge in [0.2, 0.25) is 0 Å². The van der Waals surface area contributed by atoms with Crippen LogP contribution in [0.1, 0.15) is 5.82 Å². The standard InChI is InChI=1S/C9H11N3S/c13-5-3-9-11-6-8(12-9)7-2-1-4-10-7/h1-2,4,6,10,13H,3,5H2,(H,11,12). The first-order valence-corrected chi connectivity index (χ1v) is 4.82. The number of rotatable bonds is 3. The average molecular weight is 193 g/mol. The molecule has 2 aromatic heterocycles. The quantitative estimate of drug-likeness (QED) is 0.640. The summed E-state index contributed by atoms with van der Waals surface area (Å²) in [4.78, 5) is 10.6. The maximum absolute atomic E-state index is 4.24. The third kappa shape index (κ3) is 1.78. The second-order valence-corrected chi connectivity index (χ2v) is 3.25. The largest absolute Gasteiger partial charge is 0.360 e. The fraction of sp³-hybridized carbons (Fsp3) is 0.222. The highest BCUT2D eigenvalue weighted by Gasteiger charge is 2.01. The fourth-order valence-electron chi connectivity index (χ4n) is 1.23. The van der Waals surface area contributed by atoms with Gasteiger partial charge in [-0.2, -0.15) is 12.6 Å². The first kappa shape index (κ1) is 8.44. The molecule has 0 aliphatic rings. The van der Waals surface area contributed by atoms with Crippen molar-refractivity contribution in [3.8, 4) is 11.4 Å². The van der Waals surface area contributed by atoms with Gasteiger partial charge in [0.25, 0.3) is 0 Å². The van der Waals surface area contributed by atoms with E-state index < -0.39 is 0 Å². The summed E-state index contributed by atoms with van der Waals surface area (Å²) in [5, 5.41) is 0. The van der Waals surface area contributed by atoms with E-state index in [-0.39, 0.29) is 0 Å². The van der Waals surface area contributed by atoms with Crippen LogP contribution in [0, 0.1) is 0 Å². The molecule has 0 amide bonds. The monoisotopic (exact) mass is 193 g/mol. The van der Waals surface area contributed by atoms with Crippen LogP contribution in [0.3, 0.4) is 0 Å². The number of aryl methyl sites for hydroxylation is 1. The van der Waals surface area contributed by atoms with E-state index >= 15 is 0 Å². The topological polar surface area (TPSA) is 44.5 Å². The van der Waals surface area contributed by atoms with Crippen molar-refractivity contribution in [2.75, 3.05) is 5.75 Å². The average Bonchev–Trinajstić information content (AvgIpc) is 2.70. The van der Waals surface area contributed by atoms with Gasteiger partial charge in [-0.3, -0.25) is 0 Å². The lowest BCUT2D eigenvalue weighted by Gasteiger charge is -1.91. The number of H-pyrrole nitrogens is 2. The van der Waals surface area contributed by atoms with Crippen LogP contribution in [-0.4, -0.2) is 20.7 Å². The Balaban J connectivity index is 2.23. The van der Waals surface area contributed by atoms with E-state index in [1.54, 1.807) is 0 Å². The number of thiol groups is 1. The number of aromatic amines is 2. The summed E-state index contributed by atoms with van der Waals surface area (Å²) in [5.41, 5.74) is 2.10. The van der Waals surface area contributed by atoms with Crippen molar-refractivity contribution in [3.63, 3.8) is 0 Å². The van der Waals surface area contributed by atoms with Gasteiger partial charge in [-0.1, -0.05) is 0 Å². The van der Waals surface area contributed by atoms with E-state index in [2.05, 4.69) is 27.6 Å². The summed E-state index contributed by atoms with van der Waals surface area (Å²) in [6.45, 7) is 0. The molecule has 0 aliphatic heterocycles. The first-order chi connectivity index (χ1) is 6.40. The summed E-state index contributed by atoms with van der Waals surface area (Å²) in [6, 6.07) is 3.98. The number of nitrogens with one attached hydrogen (secondary N) is 2. The second kappa shape index (κ2) is 3.70. The minimum Gasteiger partial charge on any atom is -0.360 e. The van der Waals surface area contributed by atoms with E-state index in [1.807, 2.05) is 24.5 Å². The van der Waals surface area contributed by atoms with E-state index in [4.69, 9.17) is 0 Å². The molecule has 0 aliphatic carbocycles. The number of aromatic nitrogens is 3. The molecule has 0 fully saturated rings. The molecular weight excluding hydrogens is 182 g/mol. The Labute approximate surface area is 82.0 Å². The summed E-state index contributed by atoms with van der Waals surface area (Å²) in [7, 11) is 0. The zero-order valence-electron chi connectivity index (χ0n) is 7.12. The lowest BCUT2D eigenvalue weighted by atomic mass is 10.3. The second-order valence-electron chi connectivity index (χ2n) is 2.80. The Hall–Kier alpha value is -1.16. The van der Waals surface area contributed by atoms with E-state index in [0.717, 1.165) is 29.4 Å². The molecule has 0 saturated carbocycles. The molecule has 2 N–H and O–H groups in total. The molecular formula is C9H11N3S. The predicted molar refractivity (Wildman–Crippen MR) is 55.9 cm³/mol. The first-order valence-electron chi connectivity index (χ1n) is 4.18. The molecule has 2 rings (SSSR count). The minimum absolute atomic E-state index is 0.817. The van der Waals surface area contributed by atoms with Crippen molar-refractivity contribution in [2.45, 2.75) is 6.42 Å². The number of nitrogens with zero attached hydrogens (tertiary/aromatic N) is 1. The Morgan fingerprint density at radius 1 is 1.38 bits per heavy atom. The van der Waals surface area contributed by atoms with Gasteiger partial charge in [-0.05, 0) is 17.9 Å². The highest BCUT2D eigenvalue weighted by molar-refractivity contribution is 7.80. The number of hydrogen-bond donors (Lipinski definition) is 3. The predicted octanol–water partition coefficient (Wildman–Crippen LogP) is 1.88. The number of imidazole rings is 1. The van der Waals surface area contributed by atoms with E-state index in [9.17, 15) is 0 Å². The van der Waals surface area contributed by atoms with Gasteiger partial charge in [0.15, 0.2) is 0 Å². The molecule has 0 aromatic carbocycles. The molecule has 13 heavy (non-hydrogen) atoms. The lowest BCUT2D eigenvalue weighted by Crippen LogP contribution is -1.88. The lowest BCUT2D eigenvalue weighted by molar-refractivity contribution is 1.00. The summed E-state index contributed by atoms with van der Waals surface area (Å²) in [5.74, 6) is 1.80. The Morgan fingerprint density at radius 3 is 3.00 bits per heavy atom. The van der Waals surface area contributed by atoms with Gasteiger partial charge in [0.1, 0.15) is 5.82 Å². The van der Waals surface area contributed by atoms with Crippen molar-refractivity contribution < 1.29 is 0 Å². The van der Waals surface area contributed by atoms with Gasteiger partial charge in [0, 0.05) is 12.6 Å². The molecule has 0 bridgehead atoms. The molecule has 68 valence electrons. The summed E-state index contributed by atoms with van der Waals surface area (Å²) < 4.78 is 0. The van der Waals surface area contributed by atoms with E-state index in [1.165, 1.54) is 0 Å². The van der Waals surface area contributed by atoms with Crippen LogP contribution in [0.4, 0.5) is 0 Å². The van der Waals surface area contributed by atoms with Crippen LogP contribution in [0.15, 0.2) is 24.5 Å². The molecule has 2 heterocycles. The van der Waals surface area contributed by atoms with Gasteiger partial charge in [-0.25, -0.2) is 4.98 Å². The maximum Gasteiger partial charge on any atom is 0.107 e. The smallest absolute Gasteiger partial charge is 0.107 e. The van der Waals surface area contributed by atoms with Crippen molar-refractivity contribution in [3.05, 3.63) is 30.4 Å². The molecule has 0 radical (unpaired) electrons. The van der Waals surface area contributed by atoms with E-state index in [0.29, 0.717) is 0 Å². The highest BCUT2D eigenvalue weighted by atomic mass is 32.1. The van der Waals surface area contributed by atoms with Crippen LogP contribution in [0.5, 0.6) is 0 Å². The molecule has 0 saturated heterocycles. The Bertz CT molecular complexity index is 364. The van der Waals surface area contributed by atoms with Crippen LogP contribution in [0.2, 0.25) is 0 Å². The van der Waals surface area contributed by atoms with Crippen LogP contribution >= 0.6 is 12.6 Å². The van der Waals surface area contributed by atoms with Crippen molar-refractivity contribution >= 4 is 12.6 Å². The fourth-order valence-corrected chi connectivity index (χ4v) is 1.44. The number of hydrogen-bond acceptors (Lipinski definition) is 2. The highest BCUT2D eigenvalue weighted by Crippen LogP contribution is 2.13. The third-order valence-corrected chi connectivity index (χ3v) is 2.09. The molecule has 0 spiro atoms. The van der Waals surface area contributed by atoms with Gasteiger partial charge in [0.05, 0.1) is 17.6 Å². The molecule has 0 atom stereocenters. The van der Waals surface area contributed by atoms with Gasteiger partial charge >= 0.3 is 0 Å². The molecule has 3 nitrogen and oxygen atoms in total. The van der Waals surface area contributed by atoms with Gasteiger partial charge < -0.3 is 9.97 Å². The molecule has 4 heteroatoms. The zero-order valence-corrected chi connectivity index (χ0v) is 8.01. The van der Waals surface area contributed by atoms with Crippen LogP contribution in [0.25, 0.3) is 11.4 Å².